The number of nitrogens with one attached hydrogen (secondary N) is 1. The first-order valence-corrected chi connectivity index (χ1v) is 6.64. The largest absolute Gasteiger partial charge is 0.434 e. The van der Waals surface area contributed by atoms with E-state index >= 15 is 0 Å². The third kappa shape index (κ3) is 4.90. The van der Waals surface area contributed by atoms with Crippen molar-refractivity contribution in [1.82, 2.24) is 5.32 Å². The average molecular weight is 322 g/mol. The van der Waals surface area contributed by atoms with Crippen LogP contribution in [0, 0.1) is 12.8 Å². The maximum absolute atomic E-state index is 12.4. The molecule has 1 rings (SSSR count). The van der Waals surface area contributed by atoms with Gasteiger partial charge in [-0.15, -0.1) is 0 Å². The van der Waals surface area contributed by atoms with Gasteiger partial charge < -0.3 is 10.1 Å². The standard InChI is InChI=1S/C13H18BrF2NO/c1-8(2)6-17-7-10-5-11(14)4-9(3)12(10)18-13(15)16/h4-5,8,13,17H,6-7H2,1-3H3. The number of aryl methyl sites for hydroxylation is 1. The molecule has 1 aromatic rings. The Kier molecular flexibility index (Phi) is 6.02. The van der Waals surface area contributed by atoms with Crippen LogP contribution in [0.15, 0.2) is 16.6 Å². The Labute approximate surface area is 115 Å². The third-order valence-corrected chi connectivity index (χ3v) is 2.85. The number of alkyl halides is 2. The minimum atomic E-state index is -2.80. The van der Waals surface area contributed by atoms with Gasteiger partial charge in [0.1, 0.15) is 5.75 Å². The molecule has 1 N–H and O–H groups in total. The molecule has 0 unspecified atom stereocenters. The second kappa shape index (κ2) is 7.04. The van der Waals surface area contributed by atoms with Crippen LogP contribution in [0.25, 0.3) is 0 Å². The minimum Gasteiger partial charge on any atom is -0.434 e. The van der Waals surface area contributed by atoms with Gasteiger partial charge in [0.2, 0.25) is 0 Å². The molecule has 0 aliphatic carbocycles. The van der Waals surface area contributed by atoms with Crippen LogP contribution in [-0.4, -0.2) is 13.2 Å². The Morgan fingerprint density at radius 3 is 2.56 bits per heavy atom. The van der Waals surface area contributed by atoms with E-state index in [0.717, 1.165) is 16.6 Å². The number of hydrogen-bond donors (Lipinski definition) is 1. The van der Waals surface area contributed by atoms with E-state index in [-0.39, 0.29) is 5.75 Å². The van der Waals surface area contributed by atoms with Gasteiger partial charge in [-0.3, -0.25) is 0 Å². The molecule has 1 aromatic carbocycles. The highest BCUT2D eigenvalue weighted by Gasteiger charge is 2.13. The van der Waals surface area contributed by atoms with Crippen molar-refractivity contribution in [3.63, 3.8) is 0 Å². The van der Waals surface area contributed by atoms with E-state index in [1.165, 1.54) is 0 Å². The summed E-state index contributed by atoms with van der Waals surface area (Å²) in [6.45, 7) is 4.49. The lowest BCUT2D eigenvalue weighted by Gasteiger charge is -2.15. The lowest BCUT2D eigenvalue weighted by atomic mass is 10.1. The highest BCUT2D eigenvalue weighted by atomic mass is 79.9. The van der Waals surface area contributed by atoms with Crippen LogP contribution in [0.5, 0.6) is 5.75 Å². The zero-order valence-corrected chi connectivity index (χ0v) is 12.4. The van der Waals surface area contributed by atoms with Crippen LogP contribution in [-0.2, 0) is 6.54 Å². The molecular formula is C13H18BrF2NO. The van der Waals surface area contributed by atoms with Gasteiger partial charge in [0.25, 0.3) is 0 Å². The number of ether oxygens (including phenoxy) is 1. The molecule has 5 heteroatoms. The third-order valence-electron chi connectivity index (χ3n) is 2.39. The normalized spacial score (nSPS) is 11.3. The summed E-state index contributed by atoms with van der Waals surface area (Å²) in [6, 6.07) is 3.57. The quantitative estimate of drug-likeness (QED) is 0.851. The van der Waals surface area contributed by atoms with Crippen molar-refractivity contribution >= 4 is 15.9 Å². The van der Waals surface area contributed by atoms with Gasteiger partial charge in [0.05, 0.1) is 0 Å². The number of halogens is 3. The number of hydrogen-bond acceptors (Lipinski definition) is 2. The second-order valence-electron chi connectivity index (χ2n) is 4.61. The molecular weight excluding hydrogens is 304 g/mol. The molecule has 0 radical (unpaired) electrons. The van der Waals surface area contributed by atoms with Crippen LogP contribution in [0.2, 0.25) is 0 Å². The van der Waals surface area contributed by atoms with Crippen molar-refractivity contribution in [3.8, 4) is 5.75 Å². The molecule has 102 valence electrons. The van der Waals surface area contributed by atoms with Crippen LogP contribution in [0.3, 0.4) is 0 Å². The summed E-state index contributed by atoms with van der Waals surface area (Å²) in [5.74, 6) is 0.780. The average Bonchev–Trinajstić information content (AvgIpc) is 2.22. The summed E-state index contributed by atoms with van der Waals surface area (Å²) in [5.41, 5.74) is 1.44. The highest BCUT2D eigenvalue weighted by molar-refractivity contribution is 9.10. The molecule has 0 aromatic heterocycles. The smallest absolute Gasteiger partial charge is 0.387 e. The first-order chi connectivity index (χ1) is 8.40. The van der Waals surface area contributed by atoms with Crippen LogP contribution in [0.4, 0.5) is 8.78 Å². The molecule has 0 amide bonds. The number of rotatable bonds is 6. The fraction of sp³-hybridized carbons (Fsp3) is 0.538. The van der Waals surface area contributed by atoms with Crippen molar-refractivity contribution < 1.29 is 13.5 Å². The Bertz CT molecular complexity index is 397. The monoisotopic (exact) mass is 321 g/mol. The van der Waals surface area contributed by atoms with Gasteiger partial charge in [0.15, 0.2) is 0 Å². The van der Waals surface area contributed by atoms with Gasteiger partial charge >= 0.3 is 6.61 Å². The molecule has 0 atom stereocenters. The first kappa shape index (κ1) is 15.4. The van der Waals surface area contributed by atoms with Crippen molar-refractivity contribution in [2.45, 2.75) is 33.9 Å². The van der Waals surface area contributed by atoms with Gasteiger partial charge in [-0.2, -0.15) is 8.78 Å². The van der Waals surface area contributed by atoms with Gasteiger partial charge in [0, 0.05) is 16.6 Å². The molecule has 0 aliphatic rings. The molecule has 0 saturated carbocycles. The van der Waals surface area contributed by atoms with Crippen LogP contribution < -0.4 is 10.1 Å². The van der Waals surface area contributed by atoms with Crippen LogP contribution >= 0.6 is 15.9 Å². The molecule has 0 bridgehead atoms. The minimum absolute atomic E-state index is 0.268. The van der Waals surface area contributed by atoms with Crippen molar-refractivity contribution in [2.24, 2.45) is 5.92 Å². The Morgan fingerprint density at radius 1 is 1.33 bits per heavy atom. The van der Waals surface area contributed by atoms with Gasteiger partial charge in [-0.25, -0.2) is 0 Å². The summed E-state index contributed by atoms with van der Waals surface area (Å²) in [5, 5.41) is 3.22. The van der Waals surface area contributed by atoms with E-state index in [4.69, 9.17) is 0 Å². The van der Waals surface area contributed by atoms with Crippen LogP contribution in [0.1, 0.15) is 25.0 Å². The first-order valence-electron chi connectivity index (χ1n) is 5.84. The summed E-state index contributed by atoms with van der Waals surface area (Å²) < 4.78 is 30.2. The summed E-state index contributed by atoms with van der Waals surface area (Å²) >= 11 is 3.36. The molecule has 2 nitrogen and oxygen atoms in total. The van der Waals surface area contributed by atoms with E-state index in [1.807, 2.05) is 0 Å². The Morgan fingerprint density at radius 2 is 2.00 bits per heavy atom. The second-order valence-corrected chi connectivity index (χ2v) is 5.53. The fourth-order valence-corrected chi connectivity index (χ4v) is 2.30. The Balaban J connectivity index is 2.85. The molecule has 0 saturated heterocycles. The van der Waals surface area contributed by atoms with Gasteiger partial charge in [-0.05, 0) is 37.1 Å². The maximum Gasteiger partial charge on any atom is 0.387 e. The molecule has 0 fully saturated rings. The van der Waals surface area contributed by atoms with E-state index < -0.39 is 6.61 Å². The molecule has 18 heavy (non-hydrogen) atoms. The molecule has 0 aliphatic heterocycles. The fourth-order valence-electron chi connectivity index (χ4n) is 1.68. The number of benzene rings is 1. The predicted molar refractivity (Wildman–Crippen MR) is 72.1 cm³/mol. The zero-order valence-electron chi connectivity index (χ0n) is 10.8. The molecule has 0 heterocycles. The van der Waals surface area contributed by atoms with E-state index in [2.05, 4.69) is 39.8 Å². The predicted octanol–water partition coefficient (Wildman–Crippen LogP) is 4.10. The summed E-state index contributed by atoms with van der Waals surface area (Å²) in [6.07, 6.45) is 0. The van der Waals surface area contributed by atoms with Crippen molar-refractivity contribution in [1.29, 1.82) is 0 Å². The topological polar surface area (TPSA) is 21.3 Å². The maximum atomic E-state index is 12.4. The Hall–Kier alpha value is -0.680. The van der Waals surface area contributed by atoms with Crippen molar-refractivity contribution in [3.05, 3.63) is 27.7 Å². The van der Waals surface area contributed by atoms with E-state index in [0.29, 0.717) is 18.0 Å². The lowest BCUT2D eigenvalue weighted by Crippen LogP contribution is -2.20. The summed E-state index contributed by atoms with van der Waals surface area (Å²) in [7, 11) is 0. The van der Waals surface area contributed by atoms with E-state index in [1.54, 1.807) is 19.1 Å². The van der Waals surface area contributed by atoms with E-state index in [9.17, 15) is 8.78 Å². The highest BCUT2D eigenvalue weighted by Crippen LogP contribution is 2.29. The van der Waals surface area contributed by atoms with Crippen molar-refractivity contribution in [2.75, 3.05) is 6.54 Å². The summed E-state index contributed by atoms with van der Waals surface area (Å²) in [4.78, 5) is 0. The SMILES string of the molecule is Cc1cc(Br)cc(CNCC(C)C)c1OC(F)F. The molecule has 0 spiro atoms. The van der Waals surface area contributed by atoms with Gasteiger partial charge in [-0.1, -0.05) is 29.8 Å². The lowest BCUT2D eigenvalue weighted by molar-refractivity contribution is -0.0509. The zero-order chi connectivity index (χ0) is 13.7.